The Morgan fingerprint density at radius 2 is 2.14 bits per heavy atom. The summed E-state index contributed by atoms with van der Waals surface area (Å²) in [5, 5.41) is 1.18. The first-order chi connectivity index (χ1) is 10.2. The van der Waals surface area contributed by atoms with E-state index < -0.39 is 5.92 Å². The topological polar surface area (TPSA) is 74.4 Å². The molecule has 2 unspecified atom stereocenters. The lowest BCUT2D eigenvalue weighted by Gasteiger charge is -2.16. The summed E-state index contributed by atoms with van der Waals surface area (Å²) in [6.07, 6.45) is 2.40. The number of aromatic nitrogens is 1. The second-order valence-electron chi connectivity index (χ2n) is 5.49. The van der Waals surface area contributed by atoms with E-state index in [1.54, 1.807) is 4.90 Å². The third-order valence-electron chi connectivity index (χ3n) is 4.27. The van der Waals surface area contributed by atoms with Gasteiger partial charge < -0.3 is 9.88 Å². The molecule has 0 saturated carbocycles. The zero-order chi connectivity index (χ0) is 14.4. The molecule has 6 heteroatoms. The Balaban J connectivity index is 1.48. The molecule has 0 aliphatic carbocycles. The molecule has 0 radical (unpaired) electrons. The molecule has 2 saturated heterocycles. The first kappa shape index (κ1) is 12.4. The number of carbonyl (C=O) groups is 2. The summed E-state index contributed by atoms with van der Waals surface area (Å²) in [4.78, 5) is 33.8. The average molecular weight is 285 g/mol. The van der Waals surface area contributed by atoms with Crippen molar-refractivity contribution in [1.29, 1.82) is 0 Å². The minimum atomic E-state index is -0.659. The van der Waals surface area contributed by atoms with E-state index in [0.29, 0.717) is 13.1 Å². The number of nitrogens with one attached hydrogen (secondary N) is 2. The smallest absolute Gasteiger partial charge is 0.258 e. The van der Waals surface area contributed by atoms with Crippen molar-refractivity contribution in [2.24, 2.45) is 5.92 Å². The Morgan fingerprint density at radius 1 is 1.29 bits per heavy atom. The van der Waals surface area contributed by atoms with Crippen LogP contribution in [-0.2, 0) is 20.8 Å². The highest BCUT2D eigenvalue weighted by Crippen LogP contribution is 2.26. The monoisotopic (exact) mass is 285 g/mol. The van der Waals surface area contributed by atoms with Crippen LogP contribution in [0.25, 0.3) is 10.9 Å². The van der Waals surface area contributed by atoms with Gasteiger partial charge in [-0.25, -0.2) is 5.48 Å². The predicted octanol–water partition coefficient (Wildman–Crippen LogP) is 0.599. The molecule has 2 aliphatic heterocycles. The third kappa shape index (κ3) is 1.91. The van der Waals surface area contributed by atoms with Crippen LogP contribution in [-0.4, -0.2) is 40.9 Å². The molecule has 1 aromatic carbocycles. The zero-order valence-electron chi connectivity index (χ0n) is 11.3. The van der Waals surface area contributed by atoms with Crippen LogP contribution in [0.5, 0.6) is 0 Å². The summed E-state index contributed by atoms with van der Waals surface area (Å²) in [5.74, 6) is -1.11. The van der Waals surface area contributed by atoms with Gasteiger partial charge in [-0.05, 0) is 18.1 Å². The highest BCUT2D eigenvalue weighted by Gasteiger charge is 2.50. The lowest BCUT2D eigenvalue weighted by Crippen LogP contribution is -2.34. The molecule has 21 heavy (non-hydrogen) atoms. The summed E-state index contributed by atoms with van der Waals surface area (Å²) >= 11 is 0. The van der Waals surface area contributed by atoms with Crippen molar-refractivity contribution in [2.75, 3.05) is 13.1 Å². The summed E-state index contributed by atoms with van der Waals surface area (Å²) in [5.41, 5.74) is 4.55. The second kappa shape index (κ2) is 4.60. The van der Waals surface area contributed by atoms with Crippen molar-refractivity contribution in [1.82, 2.24) is 15.4 Å². The van der Waals surface area contributed by atoms with Crippen LogP contribution >= 0.6 is 0 Å². The van der Waals surface area contributed by atoms with Crippen LogP contribution in [0.1, 0.15) is 5.56 Å². The number of likely N-dealkylation sites (tertiary alicyclic amines) is 1. The fourth-order valence-electron chi connectivity index (χ4n) is 3.15. The number of fused-ring (bicyclic) bond motifs is 2. The average Bonchev–Trinajstić information content (AvgIpc) is 3.14. The van der Waals surface area contributed by atoms with Gasteiger partial charge in [-0.1, -0.05) is 18.2 Å². The maximum Gasteiger partial charge on any atom is 0.258 e. The van der Waals surface area contributed by atoms with Gasteiger partial charge in [0, 0.05) is 23.6 Å². The van der Waals surface area contributed by atoms with Crippen LogP contribution in [0, 0.1) is 5.92 Å². The van der Waals surface area contributed by atoms with Gasteiger partial charge in [0.1, 0.15) is 12.0 Å². The van der Waals surface area contributed by atoms with E-state index in [-0.39, 0.29) is 17.9 Å². The lowest BCUT2D eigenvalue weighted by molar-refractivity contribution is -0.137. The molecule has 1 aromatic heterocycles. The Hall–Kier alpha value is -2.34. The Morgan fingerprint density at radius 3 is 3.00 bits per heavy atom. The SMILES string of the molecule is O=C1NOC2CN(CCc3c[nH]c4ccccc34)C(=O)C12. The summed E-state index contributed by atoms with van der Waals surface area (Å²) < 4.78 is 0. The number of rotatable bonds is 3. The van der Waals surface area contributed by atoms with Crippen molar-refractivity contribution >= 4 is 22.7 Å². The van der Waals surface area contributed by atoms with E-state index in [4.69, 9.17) is 4.84 Å². The quantitative estimate of drug-likeness (QED) is 0.811. The predicted molar refractivity (Wildman–Crippen MR) is 75.1 cm³/mol. The molecule has 3 heterocycles. The molecule has 6 nitrogen and oxygen atoms in total. The van der Waals surface area contributed by atoms with Gasteiger partial charge in [-0.2, -0.15) is 0 Å². The fourth-order valence-corrected chi connectivity index (χ4v) is 3.15. The fraction of sp³-hybridized carbons (Fsp3) is 0.333. The third-order valence-corrected chi connectivity index (χ3v) is 4.27. The summed E-state index contributed by atoms with van der Waals surface area (Å²) in [7, 11) is 0. The number of benzene rings is 1. The number of amides is 2. The van der Waals surface area contributed by atoms with E-state index >= 15 is 0 Å². The standard InChI is InChI=1S/C15H15N3O3/c19-14-13-12(21-17-14)8-18(15(13)20)6-5-9-7-16-11-4-2-1-3-10(9)11/h1-4,7,12-13,16H,5-6,8H2,(H,17,19). The van der Waals surface area contributed by atoms with Crippen LogP contribution < -0.4 is 5.48 Å². The number of aromatic amines is 1. The van der Waals surface area contributed by atoms with E-state index in [2.05, 4.69) is 16.5 Å². The molecular weight excluding hydrogens is 270 g/mol. The largest absolute Gasteiger partial charge is 0.361 e. The normalized spacial score (nSPS) is 24.7. The van der Waals surface area contributed by atoms with Crippen LogP contribution in [0.15, 0.2) is 30.5 Å². The van der Waals surface area contributed by atoms with Crippen LogP contribution in [0.2, 0.25) is 0 Å². The molecule has 108 valence electrons. The molecule has 2 fully saturated rings. The maximum atomic E-state index is 12.2. The van der Waals surface area contributed by atoms with Gasteiger partial charge in [0.25, 0.3) is 5.91 Å². The Kier molecular flexibility index (Phi) is 2.71. The number of para-hydroxylation sites is 1. The van der Waals surface area contributed by atoms with E-state index in [9.17, 15) is 9.59 Å². The molecular formula is C15H15N3O3. The number of H-pyrrole nitrogens is 1. The molecule has 2 aromatic rings. The summed E-state index contributed by atoms with van der Waals surface area (Å²) in [6, 6.07) is 8.09. The van der Waals surface area contributed by atoms with Gasteiger partial charge >= 0.3 is 0 Å². The molecule has 4 rings (SSSR count). The minimum absolute atomic E-state index is 0.130. The van der Waals surface area contributed by atoms with Crippen molar-refractivity contribution in [3.63, 3.8) is 0 Å². The number of hydroxylamine groups is 1. The molecule has 0 bridgehead atoms. The first-order valence-corrected chi connectivity index (χ1v) is 7.03. The van der Waals surface area contributed by atoms with Crippen LogP contribution in [0.3, 0.4) is 0 Å². The van der Waals surface area contributed by atoms with Crippen molar-refractivity contribution in [2.45, 2.75) is 12.5 Å². The highest BCUT2D eigenvalue weighted by atomic mass is 16.7. The molecule has 2 amide bonds. The molecule has 0 spiro atoms. The van der Waals surface area contributed by atoms with Crippen LogP contribution in [0.4, 0.5) is 0 Å². The number of hydrogen-bond acceptors (Lipinski definition) is 3. The van der Waals surface area contributed by atoms with Gasteiger partial charge in [0.2, 0.25) is 5.91 Å². The second-order valence-corrected chi connectivity index (χ2v) is 5.49. The van der Waals surface area contributed by atoms with E-state index in [0.717, 1.165) is 11.9 Å². The number of carbonyl (C=O) groups excluding carboxylic acids is 2. The lowest BCUT2D eigenvalue weighted by atomic mass is 10.1. The van der Waals surface area contributed by atoms with Gasteiger partial charge in [-0.15, -0.1) is 0 Å². The molecule has 2 N–H and O–H groups in total. The zero-order valence-corrected chi connectivity index (χ0v) is 11.3. The highest BCUT2D eigenvalue weighted by molar-refractivity contribution is 6.03. The van der Waals surface area contributed by atoms with E-state index in [1.165, 1.54) is 10.9 Å². The minimum Gasteiger partial charge on any atom is -0.361 e. The van der Waals surface area contributed by atoms with E-state index in [1.807, 2.05) is 24.4 Å². The van der Waals surface area contributed by atoms with Gasteiger partial charge in [0.15, 0.2) is 0 Å². The van der Waals surface area contributed by atoms with Gasteiger partial charge in [0.05, 0.1) is 6.54 Å². The first-order valence-electron chi connectivity index (χ1n) is 7.03. The number of hydrogen-bond donors (Lipinski definition) is 2. The van der Waals surface area contributed by atoms with Crippen molar-refractivity contribution in [3.8, 4) is 0 Å². The maximum absolute atomic E-state index is 12.2. The number of nitrogens with zero attached hydrogens (tertiary/aromatic N) is 1. The summed E-state index contributed by atoms with van der Waals surface area (Å²) in [6.45, 7) is 1.08. The Labute approximate surface area is 121 Å². The molecule has 2 atom stereocenters. The van der Waals surface area contributed by atoms with Crippen molar-refractivity contribution in [3.05, 3.63) is 36.0 Å². The van der Waals surface area contributed by atoms with Gasteiger partial charge in [-0.3, -0.25) is 14.4 Å². The molecule has 2 aliphatic rings. The van der Waals surface area contributed by atoms with Crippen molar-refractivity contribution < 1.29 is 14.4 Å². The Bertz CT molecular complexity index is 724.